The van der Waals surface area contributed by atoms with Crippen molar-refractivity contribution in [3.8, 4) is 5.75 Å². The number of aldehydes is 1. The van der Waals surface area contributed by atoms with Crippen LogP contribution in [0.3, 0.4) is 0 Å². The van der Waals surface area contributed by atoms with Crippen LogP contribution in [-0.2, 0) is 9.53 Å². The minimum absolute atomic E-state index is 0.0399. The van der Waals surface area contributed by atoms with E-state index in [-0.39, 0.29) is 5.75 Å². The molecule has 0 bridgehead atoms. The molecular weight excluding hydrogens is 308 g/mol. The minimum Gasteiger partial charge on any atom is -0.444 e. The molecule has 0 radical (unpaired) electrons. The van der Waals surface area contributed by atoms with Crippen LogP contribution >= 0.6 is 0 Å². The van der Waals surface area contributed by atoms with Gasteiger partial charge in [0.1, 0.15) is 23.7 Å². The van der Waals surface area contributed by atoms with E-state index in [1.165, 1.54) is 13.1 Å². The summed E-state index contributed by atoms with van der Waals surface area (Å²) in [6.07, 6.45) is -0.146. The maximum Gasteiger partial charge on any atom is 0.410 e. The molecule has 1 unspecified atom stereocenters. The van der Waals surface area contributed by atoms with Gasteiger partial charge in [0.25, 0.3) is 0 Å². The molecule has 1 atom stereocenters. The molecule has 5 nitrogen and oxygen atoms in total. The van der Waals surface area contributed by atoms with E-state index < -0.39 is 24.3 Å². The van der Waals surface area contributed by atoms with Crippen molar-refractivity contribution in [3.63, 3.8) is 0 Å². The van der Waals surface area contributed by atoms with Crippen molar-refractivity contribution < 1.29 is 27.8 Å². The number of alkyl halides is 2. The third-order valence-corrected chi connectivity index (χ3v) is 3.00. The van der Waals surface area contributed by atoms with E-state index in [4.69, 9.17) is 4.74 Å². The van der Waals surface area contributed by atoms with Crippen LogP contribution in [0.1, 0.15) is 37.9 Å². The predicted molar refractivity (Wildman–Crippen MR) is 80.6 cm³/mol. The highest BCUT2D eigenvalue weighted by Crippen LogP contribution is 2.27. The first-order valence-corrected chi connectivity index (χ1v) is 7.01. The van der Waals surface area contributed by atoms with Crippen LogP contribution in [0.5, 0.6) is 5.75 Å². The highest BCUT2D eigenvalue weighted by Gasteiger charge is 2.26. The molecule has 0 fully saturated rings. The topological polar surface area (TPSA) is 55.8 Å². The standard InChI is InChI=1S/C16H21F2NO4/c1-10-6-7-11(8-13(10)22-14(17)18)12(9-20)19(5)15(21)23-16(2,3)4/h6-9,12,14H,1-5H3. The molecule has 7 heteroatoms. The van der Waals surface area contributed by atoms with Gasteiger partial charge in [-0.3, -0.25) is 4.90 Å². The lowest BCUT2D eigenvalue weighted by Crippen LogP contribution is -2.37. The molecule has 0 saturated carbocycles. The summed E-state index contributed by atoms with van der Waals surface area (Å²) >= 11 is 0. The molecule has 1 aromatic rings. The Bertz CT molecular complexity index is 570. The summed E-state index contributed by atoms with van der Waals surface area (Å²) in [6, 6.07) is 3.48. The molecule has 0 spiro atoms. The van der Waals surface area contributed by atoms with E-state index in [0.717, 1.165) is 4.90 Å². The number of halogens is 2. The molecule has 0 aliphatic carbocycles. The number of amides is 1. The first kappa shape index (κ1) is 18.9. The highest BCUT2D eigenvalue weighted by atomic mass is 19.3. The zero-order valence-electron chi connectivity index (χ0n) is 13.8. The Balaban J connectivity index is 3.05. The Morgan fingerprint density at radius 2 is 1.91 bits per heavy atom. The van der Waals surface area contributed by atoms with E-state index in [0.29, 0.717) is 17.4 Å². The fourth-order valence-electron chi connectivity index (χ4n) is 1.86. The number of carbonyl (C=O) groups is 2. The quantitative estimate of drug-likeness (QED) is 0.773. The molecule has 1 amide bonds. The minimum atomic E-state index is -2.97. The fourth-order valence-corrected chi connectivity index (χ4v) is 1.86. The Hall–Kier alpha value is -2.18. The first-order chi connectivity index (χ1) is 10.5. The van der Waals surface area contributed by atoms with E-state index in [2.05, 4.69) is 4.74 Å². The van der Waals surface area contributed by atoms with Crippen LogP contribution in [0.2, 0.25) is 0 Å². The smallest absolute Gasteiger partial charge is 0.410 e. The van der Waals surface area contributed by atoms with Crippen molar-refractivity contribution in [2.75, 3.05) is 7.05 Å². The van der Waals surface area contributed by atoms with Gasteiger partial charge in [-0.25, -0.2) is 4.79 Å². The fraction of sp³-hybridized carbons (Fsp3) is 0.500. The van der Waals surface area contributed by atoms with Crippen molar-refractivity contribution in [2.24, 2.45) is 0 Å². The van der Waals surface area contributed by atoms with Crippen molar-refractivity contribution >= 4 is 12.4 Å². The number of nitrogens with zero attached hydrogens (tertiary/aromatic N) is 1. The van der Waals surface area contributed by atoms with Gasteiger partial charge < -0.3 is 14.3 Å². The number of rotatable bonds is 5. The van der Waals surface area contributed by atoms with Gasteiger partial charge in [0.15, 0.2) is 0 Å². The van der Waals surface area contributed by atoms with Crippen molar-refractivity contribution in [1.29, 1.82) is 0 Å². The maximum absolute atomic E-state index is 12.4. The summed E-state index contributed by atoms with van der Waals surface area (Å²) in [6.45, 7) is 3.75. The van der Waals surface area contributed by atoms with Gasteiger partial charge in [0, 0.05) is 7.05 Å². The second kappa shape index (κ2) is 7.39. The zero-order chi connectivity index (χ0) is 17.8. The number of carbonyl (C=O) groups excluding carboxylic acids is 2. The molecule has 0 aliphatic heterocycles. The van der Waals surface area contributed by atoms with Crippen molar-refractivity contribution in [2.45, 2.75) is 45.9 Å². The molecule has 0 N–H and O–H groups in total. The second-order valence-electron chi connectivity index (χ2n) is 6.08. The highest BCUT2D eigenvalue weighted by molar-refractivity contribution is 5.74. The Kier molecular flexibility index (Phi) is 6.06. The molecule has 23 heavy (non-hydrogen) atoms. The largest absolute Gasteiger partial charge is 0.444 e. The lowest BCUT2D eigenvalue weighted by Gasteiger charge is -2.28. The van der Waals surface area contributed by atoms with Crippen molar-refractivity contribution in [3.05, 3.63) is 29.3 Å². The first-order valence-electron chi connectivity index (χ1n) is 7.01. The number of benzene rings is 1. The monoisotopic (exact) mass is 329 g/mol. The van der Waals surface area contributed by atoms with E-state index in [9.17, 15) is 18.4 Å². The maximum atomic E-state index is 12.4. The van der Waals surface area contributed by atoms with Crippen LogP contribution in [0.15, 0.2) is 18.2 Å². The van der Waals surface area contributed by atoms with E-state index >= 15 is 0 Å². The van der Waals surface area contributed by atoms with Gasteiger partial charge in [0.05, 0.1) is 0 Å². The second-order valence-corrected chi connectivity index (χ2v) is 6.08. The Morgan fingerprint density at radius 1 is 1.30 bits per heavy atom. The molecule has 1 rings (SSSR count). The Morgan fingerprint density at radius 3 is 2.39 bits per heavy atom. The zero-order valence-corrected chi connectivity index (χ0v) is 13.8. The third-order valence-electron chi connectivity index (χ3n) is 3.00. The molecule has 0 aliphatic rings. The molecule has 0 aromatic heterocycles. The van der Waals surface area contributed by atoms with Gasteiger partial charge in [-0.15, -0.1) is 0 Å². The van der Waals surface area contributed by atoms with Gasteiger partial charge in [-0.1, -0.05) is 12.1 Å². The average molecular weight is 329 g/mol. The lowest BCUT2D eigenvalue weighted by molar-refractivity contribution is -0.112. The summed E-state index contributed by atoms with van der Waals surface area (Å²) in [5.41, 5.74) is 0.143. The van der Waals surface area contributed by atoms with Crippen LogP contribution in [0.4, 0.5) is 13.6 Å². The van der Waals surface area contributed by atoms with Crippen LogP contribution in [0, 0.1) is 6.92 Å². The number of likely N-dealkylation sites (N-methyl/N-ethyl adjacent to an activating group) is 1. The van der Waals surface area contributed by atoms with Gasteiger partial charge >= 0.3 is 12.7 Å². The molecule has 128 valence electrons. The summed E-state index contributed by atoms with van der Waals surface area (Å²) in [7, 11) is 1.40. The molecular formula is C16H21F2NO4. The summed E-state index contributed by atoms with van der Waals surface area (Å²) in [4.78, 5) is 24.6. The number of hydrogen-bond donors (Lipinski definition) is 0. The third kappa shape index (κ3) is 5.50. The van der Waals surface area contributed by atoms with Gasteiger partial charge in [0.2, 0.25) is 0 Å². The van der Waals surface area contributed by atoms with Crippen LogP contribution < -0.4 is 4.74 Å². The Labute approximate surface area is 134 Å². The van der Waals surface area contributed by atoms with Gasteiger partial charge in [-0.2, -0.15) is 8.78 Å². The average Bonchev–Trinajstić information content (AvgIpc) is 2.40. The molecule has 0 saturated heterocycles. The summed E-state index contributed by atoms with van der Waals surface area (Å²) in [5.74, 6) is -0.0399. The number of hydrogen-bond acceptors (Lipinski definition) is 4. The summed E-state index contributed by atoms with van der Waals surface area (Å²) < 4.78 is 34.4. The lowest BCUT2D eigenvalue weighted by atomic mass is 10.0. The molecule has 0 heterocycles. The normalized spacial score (nSPS) is 12.7. The SMILES string of the molecule is Cc1ccc(C(C=O)N(C)C(=O)OC(C)(C)C)cc1OC(F)F. The van der Waals surface area contributed by atoms with Crippen LogP contribution in [0.25, 0.3) is 0 Å². The summed E-state index contributed by atoms with van der Waals surface area (Å²) in [5, 5.41) is 0. The van der Waals surface area contributed by atoms with Crippen LogP contribution in [-0.4, -0.2) is 36.5 Å². The number of ether oxygens (including phenoxy) is 2. The van der Waals surface area contributed by atoms with Crippen molar-refractivity contribution in [1.82, 2.24) is 4.90 Å². The number of aryl methyl sites for hydroxylation is 1. The van der Waals surface area contributed by atoms with Gasteiger partial charge in [-0.05, 0) is 44.9 Å². The van der Waals surface area contributed by atoms with E-state index in [1.807, 2.05) is 0 Å². The predicted octanol–water partition coefficient (Wildman–Crippen LogP) is 3.70. The van der Waals surface area contributed by atoms with E-state index in [1.54, 1.807) is 39.8 Å². The molecule has 1 aromatic carbocycles.